The van der Waals surface area contributed by atoms with Crippen molar-refractivity contribution in [2.24, 2.45) is 7.05 Å². The van der Waals surface area contributed by atoms with E-state index >= 15 is 0 Å². The minimum absolute atomic E-state index is 0.135. The summed E-state index contributed by atoms with van der Waals surface area (Å²) in [6.07, 6.45) is 2.26. The Labute approximate surface area is 152 Å². The van der Waals surface area contributed by atoms with Gasteiger partial charge in [0.15, 0.2) is 11.7 Å². The molecule has 1 aromatic heterocycles. The summed E-state index contributed by atoms with van der Waals surface area (Å²) in [4.78, 5) is 29.8. The highest BCUT2D eigenvalue weighted by Crippen LogP contribution is 2.15. The van der Waals surface area contributed by atoms with E-state index in [9.17, 15) is 9.59 Å². The molecule has 3 heterocycles. The molecule has 2 amide bonds. The van der Waals surface area contributed by atoms with Crippen molar-refractivity contribution in [3.8, 4) is 0 Å². The molecule has 3 rings (SSSR count). The summed E-state index contributed by atoms with van der Waals surface area (Å²) in [6.45, 7) is 7.42. The molecular formula is C16H27N6O2S+. The number of likely N-dealkylation sites (tertiary alicyclic amines) is 1. The van der Waals surface area contributed by atoms with E-state index in [1.54, 1.807) is 0 Å². The average Bonchev–Trinajstić information content (AvgIpc) is 3.25. The van der Waals surface area contributed by atoms with Crippen LogP contribution in [-0.4, -0.2) is 87.9 Å². The minimum atomic E-state index is 0.135. The second kappa shape index (κ2) is 8.18. The molecule has 0 unspecified atom stereocenters. The van der Waals surface area contributed by atoms with E-state index in [1.165, 1.54) is 16.7 Å². The van der Waals surface area contributed by atoms with E-state index in [1.807, 2.05) is 28.3 Å². The maximum absolute atomic E-state index is 12.4. The molecule has 2 aliphatic heterocycles. The highest BCUT2D eigenvalue weighted by Gasteiger charge is 2.28. The number of hydrogen-bond donors (Lipinski definition) is 1. The first-order valence-corrected chi connectivity index (χ1v) is 9.91. The molecule has 1 aromatic rings. The van der Waals surface area contributed by atoms with E-state index in [0.29, 0.717) is 12.3 Å². The fourth-order valence-electron chi connectivity index (χ4n) is 3.27. The van der Waals surface area contributed by atoms with Gasteiger partial charge in [0.05, 0.1) is 31.9 Å². The molecule has 0 atom stereocenters. The fourth-order valence-corrected chi connectivity index (χ4v) is 4.13. The van der Waals surface area contributed by atoms with E-state index in [-0.39, 0.29) is 11.8 Å². The number of thioether (sulfide) groups is 1. The van der Waals surface area contributed by atoms with Gasteiger partial charge in [-0.1, -0.05) is 11.8 Å². The molecule has 2 aliphatic rings. The summed E-state index contributed by atoms with van der Waals surface area (Å²) < 4.78 is 1.89. The van der Waals surface area contributed by atoms with Gasteiger partial charge in [0.25, 0.3) is 5.91 Å². The monoisotopic (exact) mass is 367 g/mol. The van der Waals surface area contributed by atoms with Gasteiger partial charge < -0.3 is 19.3 Å². The van der Waals surface area contributed by atoms with E-state index < -0.39 is 0 Å². The van der Waals surface area contributed by atoms with Crippen LogP contribution in [0.2, 0.25) is 0 Å². The van der Waals surface area contributed by atoms with Gasteiger partial charge in [0.2, 0.25) is 5.91 Å². The number of nitrogens with one attached hydrogen (secondary N) is 1. The average molecular weight is 367 g/mol. The number of hydrogen-bond acceptors (Lipinski definition) is 5. The number of aryl methyl sites for hydroxylation is 1. The Morgan fingerprint density at radius 3 is 2.28 bits per heavy atom. The summed E-state index contributed by atoms with van der Waals surface area (Å²) in [5.41, 5.74) is 0. The quantitative estimate of drug-likeness (QED) is 0.646. The number of carbonyl (C=O) groups excluding carboxylic acids is 2. The third-order valence-corrected chi connectivity index (χ3v) is 6.07. The molecule has 138 valence electrons. The predicted molar refractivity (Wildman–Crippen MR) is 94.4 cm³/mol. The van der Waals surface area contributed by atoms with E-state index in [2.05, 4.69) is 10.2 Å². The number of piperazine rings is 1. The molecule has 0 saturated carbocycles. The number of rotatable bonds is 5. The SMILES string of the molecule is Cc1nnc(SCC(=O)N2CC[NH+](CC(=O)N3CCCC3)CC2)n1C. The highest BCUT2D eigenvalue weighted by atomic mass is 32.2. The van der Waals surface area contributed by atoms with Gasteiger partial charge in [-0.2, -0.15) is 0 Å². The van der Waals surface area contributed by atoms with Gasteiger partial charge in [-0.15, -0.1) is 10.2 Å². The number of aromatic nitrogens is 3. The van der Waals surface area contributed by atoms with Gasteiger partial charge in [-0.05, 0) is 19.8 Å². The summed E-state index contributed by atoms with van der Waals surface area (Å²) in [5, 5.41) is 8.85. The van der Waals surface area contributed by atoms with Crippen LogP contribution in [-0.2, 0) is 16.6 Å². The summed E-state index contributed by atoms with van der Waals surface area (Å²) in [6, 6.07) is 0. The molecule has 0 spiro atoms. The van der Waals surface area contributed by atoms with Crippen molar-refractivity contribution >= 4 is 23.6 Å². The number of nitrogens with zero attached hydrogens (tertiary/aromatic N) is 5. The maximum Gasteiger partial charge on any atom is 0.277 e. The molecule has 2 fully saturated rings. The Balaban J connectivity index is 1.40. The fraction of sp³-hybridized carbons (Fsp3) is 0.750. The van der Waals surface area contributed by atoms with Gasteiger partial charge in [-0.25, -0.2) is 0 Å². The third-order valence-electron chi connectivity index (χ3n) is 5.06. The number of amides is 2. The minimum Gasteiger partial charge on any atom is -0.338 e. The molecule has 1 N–H and O–H groups in total. The van der Waals surface area contributed by atoms with Crippen molar-refractivity contribution in [3.05, 3.63) is 5.82 Å². The second-order valence-corrected chi connectivity index (χ2v) is 7.72. The lowest BCUT2D eigenvalue weighted by molar-refractivity contribution is -0.896. The Hall–Kier alpha value is -1.61. The standard InChI is InChI=1S/C16H26N6O2S/c1-13-17-18-16(19(13)2)25-12-15(24)22-9-7-20(8-10-22)11-14(23)21-5-3-4-6-21/h3-12H2,1-2H3/p+1. The zero-order valence-electron chi connectivity index (χ0n) is 15.0. The van der Waals surface area contributed by atoms with Crippen LogP contribution in [0, 0.1) is 6.92 Å². The van der Waals surface area contributed by atoms with Crippen LogP contribution in [0.4, 0.5) is 0 Å². The van der Waals surface area contributed by atoms with Crippen LogP contribution in [0.3, 0.4) is 0 Å². The van der Waals surface area contributed by atoms with Crippen molar-refractivity contribution in [1.29, 1.82) is 0 Å². The Bertz CT molecular complexity index is 620. The van der Waals surface area contributed by atoms with Crippen molar-refractivity contribution in [3.63, 3.8) is 0 Å². The highest BCUT2D eigenvalue weighted by molar-refractivity contribution is 7.99. The molecule has 0 radical (unpaired) electrons. The number of carbonyl (C=O) groups is 2. The van der Waals surface area contributed by atoms with Crippen molar-refractivity contribution in [2.45, 2.75) is 24.9 Å². The van der Waals surface area contributed by atoms with Crippen molar-refractivity contribution in [2.75, 3.05) is 51.6 Å². The predicted octanol–water partition coefficient (Wildman–Crippen LogP) is -1.43. The lowest BCUT2D eigenvalue weighted by atomic mass is 10.3. The lowest BCUT2D eigenvalue weighted by Gasteiger charge is -2.32. The summed E-state index contributed by atoms with van der Waals surface area (Å²) in [5.74, 6) is 1.62. The Morgan fingerprint density at radius 2 is 1.68 bits per heavy atom. The topological polar surface area (TPSA) is 75.8 Å². The molecule has 25 heavy (non-hydrogen) atoms. The van der Waals surface area contributed by atoms with Crippen molar-refractivity contribution < 1.29 is 14.5 Å². The molecule has 9 heteroatoms. The first kappa shape index (κ1) is 18.2. The van der Waals surface area contributed by atoms with Crippen LogP contribution in [0.5, 0.6) is 0 Å². The largest absolute Gasteiger partial charge is 0.338 e. The molecule has 2 saturated heterocycles. The van der Waals surface area contributed by atoms with Crippen LogP contribution < -0.4 is 4.90 Å². The molecule has 0 aliphatic carbocycles. The Kier molecular flexibility index (Phi) is 5.95. The van der Waals surface area contributed by atoms with Crippen LogP contribution in [0.1, 0.15) is 18.7 Å². The first-order valence-electron chi connectivity index (χ1n) is 8.92. The first-order chi connectivity index (χ1) is 12.0. The summed E-state index contributed by atoms with van der Waals surface area (Å²) >= 11 is 1.43. The van der Waals surface area contributed by atoms with Crippen LogP contribution in [0.25, 0.3) is 0 Å². The van der Waals surface area contributed by atoms with Gasteiger partial charge in [-0.3, -0.25) is 9.59 Å². The second-order valence-electron chi connectivity index (χ2n) is 6.77. The van der Waals surface area contributed by atoms with Gasteiger partial charge in [0, 0.05) is 20.1 Å². The normalized spacial score (nSPS) is 18.8. The lowest BCUT2D eigenvalue weighted by Crippen LogP contribution is -3.15. The van der Waals surface area contributed by atoms with Crippen molar-refractivity contribution in [1.82, 2.24) is 24.6 Å². The summed E-state index contributed by atoms with van der Waals surface area (Å²) in [7, 11) is 1.90. The van der Waals surface area contributed by atoms with Gasteiger partial charge in [0.1, 0.15) is 5.82 Å². The maximum atomic E-state index is 12.4. The molecular weight excluding hydrogens is 340 g/mol. The van der Waals surface area contributed by atoms with Gasteiger partial charge >= 0.3 is 0 Å². The Morgan fingerprint density at radius 1 is 1.04 bits per heavy atom. The van der Waals surface area contributed by atoms with E-state index in [0.717, 1.165) is 63.1 Å². The van der Waals surface area contributed by atoms with E-state index in [4.69, 9.17) is 0 Å². The molecule has 0 aromatic carbocycles. The molecule has 8 nitrogen and oxygen atoms in total. The number of quaternary nitrogens is 1. The smallest absolute Gasteiger partial charge is 0.277 e. The van der Waals surface area contributed by atoms with Crippen LogP contribution in [0.15, 0.2) is 5.16 Å². The molecule has 0 bridgehead atoms. The zero-order chi connectivity index (χ0) is 17.8. The zero-order valence-corrected chi connectivity index (χ0v) is 15.8. The third kappa shape index (κ3) is 4.52. The van der Waals surface area contributed by atoms with Crippen LogP contribution >= 0.6 is 11.8 Å².